The maximum Gasteiger partial charge on any atom is 0.241 e. The summed E-state index contributed by atoms with van der Waals surface area (Å²) in [7, 11) is -3.76. The van der Waals surface area contributed by atoms with Gasteiger partial charge in [-0.1, -0.05) is 19.8 Å². The van der Waals surface area contributed by atoms with Gasteiger partial charge in [0, 0.05) is 18.3 Å². The molecule has 0 atom stereocenters. The Hall–Kier alpha value is -1.76. The Morgan fingerprint density at radius 2 is 1.73 bits per heavy atom. The molecule has 7 heteroatoms. The van der Waals surface area contributed by atoms with Crippen molar-refractivity contribution in [3.8, 4) is 5.75 Å². The molecule has 0 aliphatic carbocycles. The van der Waals surface area contributed by atoms with Crippen molar-refractivity contribution in [1.82, 2.24) is 4.90 Å². The predicted molar refractivity (Wildman–Crippen MR) is 106 cm³/mol. The van der Waals surface area contributed by atoms with E-state index in [0.29, 0.717) is 18.0 Å². The van der Waals surface area contributed by atoms with Gasteiger partial charge in [-0.2, -0.15) is 0 Å². The summed E-state index contributed by atoms with van der Waals surface area (Å²) in [5.74, 6) is -0.258. The van der Waals surface area contributed by atoms with Gasteiger partial charge in [0.15, 0.2) is 0 Å². The van der Waals surface area contributed by atoms with Crippen molar-refractivity contribution in [2.45, 2.75) is 66.0 Å². The molecule has 0 bridgehead atoms. The lowest BCUT2D eigenvalue weighted by Gasteiger charge is -2.26. The molecule has 6 nitrogen and oxygen atoms in total. The molecular weight excluding hydrogens is 352 g/mol. The summed E-state index contributed by atoms with van der Waals surface area (Å²) in [6.45, 7) is 10.3. The highest BCUT2D eigenvalue weighted by atomic mass is 32.2. The summed E-state index contributed by atoms with van der Waals surface area (Å²) in [6, 6.07) is 6.62. The Morgan fingerprint density at radius 1 is 1.12 bits per heavy atom. The van der Waals surface area contributed by atoms with E-state index >= 15 is 0 Å². The normalized spacial score (nSPS) is 11.7. The molecule has 1 amide bonds. The first kappa shape index (κ1) is 22.3. The second-order valence-corrected chi connectivity index (χ2v) is 8.66. The maximum atomic E-state index is 12.4. The number of hydrogen-bond donors (Lipinski definition) is 1. The van der Waals surface area contributed by atoms with Crippen LogP contribution in [0.1, 0.15) is 53.9 Å². The summed E-state index contributed by atoms with van der Waals surface area (Å²) in [4.78, 5) is 14.1. The first-order valence-electron chi connectivity index (χ1n) is 9.21. The zero-order valence-corrected chi connectivity index (χ0v) is 17.3. The Balaban J connectivity index is 2.70. The Kier molecular flexibility index (Phi) is 8.92. The number of sulfonamides is 1. The van der Waals surface area contributed by atoms with Crippen molar-refractivity contribution in [2.24, 2.45) is 0 Å². The second kappa shape index (κ2) is 10.4. The van der Waals surface area contributed by atoms with Gasteiger partial charge in [-0.3, -0.25) is 9.52 Å². The van der Waals surface area contributed by atoms with Crippen LogP contribution >= 0.6 is 0 Å². The van der Waals surface area contributed by atoms with E-state index in [1.807, 2.05) is 27.7 Å². The summed E-state index contributed by atoms with van der Waals surface area (Å²) < 4.78 is 32.7. The molecule has 1 rings (SSSR count). The molecule has 0 saturated heterocycles. The maximum absolute atomic E-state index is 12.4. The minimum Gasteiger partial charge on any atom is -0.491 e. The molecule has 0 unspecified atom stereocenters. The van der Waals surface area contributed by atoms with E-state index in [1.165, 1.54) is 0 Å². The molecule has 1 aromatic rings. The number of unbranched alkanes of at least 4 members (excludes halogenated alkanes) is 2. The molecule has 0 heterocycles. The van der Waals surface area contributed by atoms with Gasteiger partial charge in [-0.05, 0) is 58.4 Å². The number of anilines is 1. The molecule has 0 saturated carbocycles. The highest BCUT2D eigenvalue weighted by Crippen LogP contribution is 2.18. The first-order valence-corrected chi connectivity index (χ1v) is 10.9. The van der Waals surface area contributed by atoms with Gasteiger partial charge in [-0.25, -0.2) is 8.42 Å². The van der Waals surface area contributed by atoms with Crippen LogP contribution in [0, 0.1) is 0 Å². The van der Waals surface area contributed by atoms with Gasteiger partial charge in [0.2, 0.25) is 15.9 Å². The quantitative estimate of drug-likeness (QED) is 0.591. The van der Waals surface area contributed by atoms with Crippen LogP contribution in [0.2, 0.25) is 0 Å². The van der Waals surface area contributed by atoms with Gasteiger partial charge in [0.1, 0.15) is 11.5 Å². The molecular formula is C19H32N2O4S. The molecule has 0 aliphatic rings. The zero-order valence-electron chi connectivity index (χ0n) is 16.5. The summed E-state index contributed by atoms with van der Waals surface area (Å²) in [5.41, 5.74) is 0.413. The summed E-state index contributed by atoms with van der Waals surface area (Å²) in [6.07, 6.45) is 3.00. The van der Waals surface area contributed by atoms with E-state index in [-0.39, 0.29) is 18.1 Å². The number of carbonyl (C=O) groups excluding carboxylic acids is 1. The highest BCUT2D eigenvalue weighted by Gasteiger charge is 2.23. The lowest BCUT2D eigenvalue weighted by molar-refractivity contribution is -0.130. The fourth-order valence-corrected chi connectivity index (χ4v) is 3.60. The summed E-state index contributed by atoms with van der Waals surface area (Å²) >= 11 is 0. The van der Waals surface area contributed by atoms with E-state index in [2.05, 4.69) is 11.6 Å². The standard InChI is InChI=1S/C19H32N2O4S/c1-6-7-8-13-21(15(2)3)19(22)14-26(23,24)20-17-9-11-18(12-10-17)25-16(4)5/h9-12,15-16,20H,6-8,13-14H2,1-5H3. The van der Waals surface area contributed by atoms with Crippen molar-refractivity contribution in [2.75, 3.05) is 17.0 Å². The smallest absolute Gasteiger partial charge is 0.241 e. The largest absolute Gasteiger partial charge is 0.491 e. The fraction of sp³-hybridized carbons (Fsp3) is 0.632. The van der Waals surface area contributed by atoms with E-state index in [9.17, 15) is 13.2 Å². The average molecular weight is 385 g/mol. The van der Waals surface area contributed by atoms with Gasteiger partial charge in [0.05, 0.1) is 6.10 Å². The molecule has 0 fully saturated rings. The van der Waals surface area contributed by atoms with Crippen LogP contribution in [-0.4, -0.2) is 43.7 Å². The van der Waals surface area contributed by atoms with Gasteiger partial charge < -0.3 is 9.64 Å². The molecule has 0 aliphatic heterocycles. The fourth-order valence-electron chi connectivity index (χ4n) is 2.54. The van der Waals surface area contributed by atoms with Crippen LogP contribution in [0.15, 0.2) is 24.3 Å². The number of ether oxygens (including phenoxy) is 1. The van der Waals surface area contributed by atoms with Crippen molar-refractivity contribution in [3.63, 3.8) is 0 Å². The third kappa shape index (κ3) is 8.08. The molecule has 148 valence electrons. The molecule has 0 aromatic heterocycles. The number of benzene rings is 1. The minimum absolute atomic E-state index is 0.0259. The van der Waals surface area contributed by atoms with E-state index in [0.717, 1.165) is 19.3 Å². The highest BCUT2D eigenvalue weighted by molar-refractivity contribution is 7.93. The molecule has 0 spiro atoms. The van der Waals surface area contributed by atoms with Gasteiger partial charge >= 0.3 is 0 Å². The van der Waals surface area contributed by atoms with Crippen LogP contribution in [0.5, 0.6) is 5.75 Å². The van der Waals surface area contributed by atoms with Gasteiger partial charge in [0.25, 0.3) is 0 Å². The number of amides is 1. The number of nitrogens with one attached hydrogen (secondary N) is 1. The Morgan fingerprint density at radius 3 is 2.23 bits per heavy atom. The minimum atomic E-state index is -3.76. The Bertz CT molecular complexity index is 655. The SMILES string of the molecule is CCCCCN(C(=O)CS(=O)(=O)Nc1ccc(OC(C)C)cc1)C(C)C. The summed E-state index contributed by atoms with van der Waals surface area (Å²) in [5, 5.41) is 0. The van der Waals surface area contributed by atoms with Crippen molar-refractivity contribution in [3.05, 3.63) is 24.3 Å². The van der Waals surface area contributed by atoms with E-state index in [1.54, 1.807) is 29.2 Å². The number of nitrogens with zero attached hydrogens (tertiary/aromatic N) is 1. The first-order chi connectivity index (χ1) is 12.1. The topological polar surface area (TPSA) is 75.7 Å². The molecule has 1 N–H and O–H groups in total. The third-order valence-corrected chi connectivity index (χ3v) is 4.93. The van der Waals surface area contributed by atoms with Crippen LogP contribution in [0.3, 0.4) is 0 Å². The molecule has 0 radical (unpaired) electrons. The Labute approximate surface area is 158 Å². The molecule has 1 aromatic carbocycles. The van der Waals surface area contributed by atoms with Crippen LogP contribution < -0.4 is 9.46 Å². The van der Waals surface area contributed by atoms with E-state index in [4.69, 9.17) is 4.74 Å². The third-order valence-electron chi connectivity index (χ3n) is 3.76. The van der Waals surface area contributed by atoms with Crippen molar-refractivity contribution in [1.29, 1.82) is 0 Å². The average Bonchev–Trinajstić information content (AvgIpc) is 2.51. The van der Waals surface area contributed by atoms with E-state index < -0.39 is 15.8 Å². The number of rotatable bonds is 11. The van der Waals surface area contributed by atoms with Crippen LogP contribution in [0.25, 0.3) is 0 Å². The van der Waals surface area contributed by atoms with Crippen LogP contribution in [0.4, 0.5) is 5.69 Å². The number of carbonyl (C=O) groups is 1. The lowest BCUT2D eigenvalue weighted by Crippen LogP contribution is -2.42. The molecule has 26 heavy (non-hydrogen) atoms. The predicted octanol–water partition coefficient (Wildman–Crippen LogP) is 3.64. The number of hydrogen-bond acceptors (Lipinski definition) is 4. The monoisotopic (exact) mass is 384 g/mol. The second-order valence-electron chi connectivity index (χ2n) is 6.94. The zero-order chi connectivity index (χ0) is 19.7. The van der Waals surface area contributed by atoms with Crippen molar-refractivity contribution < 1.29 is 17.9 Å². The van der Waals surface area contributed by atoms with Crippen LogP contribution in [-0.2, 0) is 14.8 Å². The lowest BCUT2D eigenvalue weighted by atomic mass is 10.2. The van der Waals surface area contributed by atoms with Gasteiger partial charge in [-0.15, -0.1) is 0 Å². The van der Waals surface area contributed by atoms with Crippen molar-refractivity contribution >= 4 is 21.6 Å².